The largest absolute Gasteiger partial charge is 0.492 e. The fourth-order valence-electron chi connectivity index (χ4n) is 2.53. The summed E-state index contributed by atoms with van der Waals surface area (Å²) < 4.78 is 43.6. The summed E-state index contributed by atoms with van der Waals surface area (Å²) in [5, 5.41) is 3.33. The summed E-state index contributed by atoms with van der Waals surface area (Å²) in [5.74, 6) is -0.0799. The molecule has 0 heterocycles. The standard InChI is InChI=1S/C19H21Cl2FN2O4S/c1-29(26,27)24(17-12-14(20)11-15(21)13-17)9-2-3-19(25)23-8-10-28-18-6-4-16(22)5-7-18/h4-7,11-13H,2-3,8-10H2,1H3,(H,23,25). The first kappa shape index (κ1) is 23.3. The summed E-state index contributed by atoms with van der Waals surface area (Å²) in [6, 6.07) is 10.1. The molecule has 0 atom stereocenters. The monoisotopic (exact) mass is 462 g/mol. The predicted octanol–water partition coefficient (Wildman–Crippen LogP) is 3.87. The van der Waals surface area contributed by atoms with Gasteiger partial charge in [-0.2, -0.15) is 0 Å². The Morgan fingerprint density at radius 1 is 1.14 bits per heavy atom. The van der Waals surface area contributed by atoms with Crippen LogP contribution in [0.15, 0.2) is 42.5 Å². The van der Waals surface area contributed by atoms with Gasteiger partial charge in [-0.25, -0.2) is 12.8 Å². The number of halogens is 3. The van der Waals surface area contributed by atoms with E-state index in [9.17, 15) is 17.6 Å². The molecule has 6 nitrogen and oxygen atoms in total. The zero-order chi connectivity index (χ0) is 21.4. The lowest BCUT2D eigenvalue weighted by Crippen LogP contribution is -2.33. The maximum absolute atomic E-state index is 12.8. The van der Waals surface area contributed by atoms with Crippen molar-refractivity contribution in [3.63, 3.8) is 0 Å². The molecule has 0 saturated carbocycles. The maximum Gasteiger partial charge on any atom is 0.232 e. The predicted molar refractivity (Wildman–Crippen MR) is 113 cm³/mol. The van der Waals surface area contributed by atoms with Gasteiger partial charge < -0.3 is 10.1 Å². The van der Waals surface area contributed by atoms with Crippen LogP contribution in [0.25, 0.3) is 0 Å². The topological polar surface area (TPSA) is 75.7 Å². The van der Waals surface area contributed by atoms with Crippen LogP contribution in [0.2, 0.25) is 10.0 Å². The summed E-state index contributed by atoms with van der Waals surface area (Å²) in [6.07, 6.45) is 1.52. The van der Waals surface area contributed by atoms with Crippen LogP contribution in [0.4, 0.5) is 10.1 Å². The van der Waals surface area contributed by atoms with E-state index in [-0.39, 0.29) is 37.8 Å². The van der Waals surface area contributed by atoms with E-state index in [0.717, 1.165) is 10.6 Å². The number of nitrogens with zero attached hydrogens (tertiary/aromatic N) is 1. The van der Waals surface area contributed by atoms with Crippen molar-refractivity contribution in [1.29, 1.82) is 0 Å². The Morgan fingerprint density at radius 3 is 2.34 bits per heavy atom. The van der Waals surface area contributed by atoms with E-state index < -0.39 is 10.0 Å². The van der Waals surface area contributed by atoms with E-state index >= 15 is 0 Å². The molecule has 0 radical (unpaired) electrons. The lowest BCUT2D eigenvalue weighted by Gasteiger charge is -2.22. The number of anilines is 1. The number of benzene rings is 2. The average molecular weight is 463 g/mol. The molecule has 0 fully saturated rings. The van der Waals surface area contributed by atoms with Crippen molar-refractivity contribution in [3.8, 4) is 5.75 Å². The van der Waals surface area contributed by atoms with Crippen molar-refractivity contribution >= 4 is 44.8 Å². The quantitative estimate of drug-likeness (QED) is 0.543. The number of ether oxygens (including phenoxy) is 1. The van der Waals surface area contributed by atoms with E-state index in [0.29, 0.717) is 27.9 Å². The SMILES string of the molecule is CS(=O)(=O)N(CCCC(=O)NCCOc1ccc(F)cc1)c1cc(Cl)cc(Cl)c1. The van der Waals surface area contributed by atoms with Gasteiger partial charge in [0, 0.05) is 23.0 Å². The van der Waals surface area contributed by atoms with Crippen LogP contribution >= 0.6 is 23.2 Å². The van der Waals surface area contributed by atoms with Crippen molar-refractivity contribution in [2.75, 3.05) is 30.3 Å². The first-order chi connectivity index (χ1) is 13.6. The van der Waals surface area contributed by atoms with E-state index in [1.165, 1.54) is 42.5 Å². The summed E-state index contributed by atoms with van der Waals surface area (Å²) in [4.78, 5) is 11.9. The number of carbonyl (C=O) groups is 1. The molecule has 0 aliphatic carbocycles. The van der Waals surface area contributed by atoms with Gasteiger partial charge in [-0.15, -0.1) is 0 Å². The third-order valence-electron chi connectivity index (χ3n) is 3.81. The number of nitrogens with one attached hydrogen (secondary N) is 1. The Labute approximate surface area is 179 Å². The lowest BCUT2D eigenvalue weighted by molar-refractivity contribution is -0.121. The molecule has 158 valence electrons. The summed E-state index contributed by atoms with van der Waals surface area (Å²) in [6.45, 7) is 0.610. The Kier molecular flexibility index (Phi) is 8.55. The van der Waals surface area contributed by atoms with Crippen molar-refractivity contribution in [3.05, 3.63) is 58.3 Å². The average Bonchev–Trinajstić information content (AvgIpc) is 2.62. The third kappa shape index (κ3) is 8.08. The minimum Gasteiger partial charge on any atom is -0.492 e. The summed E-state index contributed by atoms with van der Waals surface area (Å²) in [5.41, 5.74) is 0.345. The first-order valence-corrected chi connectivity index (χ1v) is 11.3. The smallest absolute Gasteiger partial charge is 0.232 e. The van der Waals surface area contributed by atoms with Crippen molar-refractivity contribution in [2.24, 2.45) is 0 Å². The third-order valence-corrected chi connectivity index (χ3v) is 5.44. The van der Waals surface area contributed by atoms with Crippen LogP contribution in [0.1, 0.15) is 12.8 Å². The molecule has 2 aromatic carbocycles. The number of amides is 1. The van der Waals surface area contributed by atoms with Crippen molar-refractivity contribution in [2.45, 2.75) is 12.8 Å². The Bertz CT molecular complexity index is 919. The highest BCUT2D eigenvalue weighted by Crippen LogP contribution is 2.27. The fourth-order valence-corrected chi connectivity index (χ4v) is 4.00. The Balaban J connectivity index is 1.78. The van der Waals surface area contributed by atoms with Gasteiger partial charge in [0.05, 0.1) is 18.5 Å². The number of hydrogen-bond acceptors (Lipinski definition) is 4. The fraction of sp³-hybridized carbons (Fsp3) is 0.316. The molecule has 2 aromatic rings. The number of carbonyl (C=O) groups excluding carboxylic acids is 1. The molecule has 2 rings (SSSR count). The highest BCUT2D eigenvalue weighted by molar-refractivity contribution is 7.92. The molecule has 0 spiro atoms. The summed E-state index contributed by atoms with van der Waals surface area (Å²) in [7, 11) is -3.57. The number of hydrogen-bond donors (Lipinski definition) is 1. The van der Waals surface area contributed by atoms with E-state index in [4.69, 9.17) is 27.9 Å². The second-order valence-corrected chi connectivity index (χ2v) is 9.00. The molecule has 0 aliphatic rings. The zero-order valence-electron chi connectivity index (χ0n) is 15.7. The molecule has 0 unspecified atom stereocenters. The molecule has 10 heteroatoms. The van der Waals surface area contributed by atoms with Gasteiger partial charge in [0.2, 0.25) is 15.9 Å². The highest BCUT2D eigenvalue weighted by Gasteiger charge is 2.18. The number of rotatable bonds is 10. The Hall–Kier alpha value is -2.03. The second-order valence-electron chi connectivity index (χ2n) is 6.22. The van der Waals surface area contributed by atoms with Gasteiger partial charge in [-0.3, -0.25) is 9.10 Å². The van der Waals surface area contributed by atoms with Crippen molar-refractivity contribution in [1.82, 2.24) is 5.32 Å². The molecule has 0 aliphatic heterocycles. The van der Waals surface area contributed by atoms with Gasteiger partial charge in [0.15, 0.2) is 0 Å². The normalized spacial score (nSPS) is 11.2. The molecule has 1 N–H and O–H groups in total. The Morgan fingerprint density at radius 2 is 1.76 bits per heavy atom. The molecule has 1 amide bonds. The van der Waals surface area contributed by atoms with E-state index in [2.05, 4.69) is 5.32 Å². The van der Waals surface area contributed by atoms with Crippen LogP contribution < -0.4 is 14.4 Å². The first-order valence-electron chi connectivity index (χ1n) is 8.74. The van der Waals surface area contributed by atoms with Gasteiger partial charge >= 0.3 is 0 Å². The molecule has 0 saturated heterocycles. The molecule has 29 heavy (non-hydrogen) atoms. The van der Waals surface area contributed by atoms with Gasteiger partial charge in [0.25, 0.3) is 0 Å². The van der Waals surface area contributed by atoms with Crippen LogP contribution in [-0.4, -0.2) is 40.3 Å². The second kappa shape index (κ2) is 10.7. The van der Waals surface area contributed by atoms with Gasteiger partial charge in [-0.1, -0.05) is 23.2 Å². The summed E-state index contributed by atoms with van der Waals surface area (Å²) >= 11 is 11.9. The zero-order valence-corrected chi connectivity index (χ0v) is 18.0. The van der Waals surface area contributed by atoms with Crippen molar-refractivity contribution < 1.29 is 22.3 Å². The van der Waals surface area contributed by atoms with Crippen LogP contribution in [-0.2, 0) is 14.8 Å². The molecular weight excluding hydrogens is 442 g/mol. The maximum atomic E-state index is 12.8. The van der Waals surface area contributed by atoms with Crippen LogP contribution in [0.3, 0.4) is 0 Å². The highest BCUT2D eigenvalue weighted by atomic mass is 35.5. The van der Waals surface area contributed by atoms with E-state index in [1.54, 1.807) is 0 Å². The number of sulfonamides is 1. The molecular formula is C19H21Cl2FN2O4S. The van der Waals surface area contributed by atoms with Crippen LogP contribution in [0, 0.1) is 5.82 Å². The van der Waals surface area contributed by atoms with Gasteiger partial charge in [-0.05, 0) is 48.9 Å². The molecule has 0 aromatic heterocycles. The van der Waals surface area contributed by atoms with E-state index in [1.807, 2.05) is 0 Å². The minimum absolute atomic E-state index is 0.106. The molecule has 0 bridgehead atoms. The minimum atomic E-state index is -3.57. The van der Waals surface area contributed by atoms with Gasteiger partial charge in [0.1, 0.15) is 18.2 Å². The lowest BCUT2D eigenvalue weighted by atomic mass is 10.2. The van der Waals surface area contributed by atoms with Crippen LogP contribution in [0.5, 0.6) is 5.75 Å².